The molecule has 0 heterocycles. The first kappa shape index (κ1) is 9.96. The summed E-state index contributed by atoms with van der Waals surface area (Å²) in [4.78, 5) is 0. The van der Waals surface area contributed by atoms with Crippen LogP contribution in [0.3, 0.4) is 0 Å². The number of hydrogen-bond acceptors (Lipinski definition) is 1. The Balaban J connectivity index is 2.70. The molecular formula is C10H12F2O. The maximum absolute atomic E-state index is 12.9. The Kier molecular flexibility index (Phi) is 3.23. The van der Waals surface area contributed by atoms with E-state index in [1.807, 2.05) is 13.8 Å². The van der Waals surface area contributed by atoms with Gasteiger partial charge in [-0.2, -0.15) is 0 Å². The fourth-order valence-electron chi connectivity index (χ4n) is 0.844. The van der Waals surface area contributed by atoms with Gasteiger partial charge in [-0.15, -0.1) is 0 Å². The lowest BCUT2D eigenvalue weighted by molar-refractivity contribution is 0.258. The molecule has 0 radical (unpaired) electrons. The standard InChI is InChI=1S/C10H12F2O/c1-7(2)6-13-10-5-8(11)3-4-9(10)12/h3-5,7H,6H2,1-2H3. The Morgan fingerprint density at radius 2 is 2.00 bits per heavy atom. The lowest BCUT2D eigenvalue weighted by Crippen LogP contribution is -2.05. The molecule has 0 saturated carbocycles. The minimum absolute atomic E-state index is 0.0197. The van der Waals surface area contributed by atoms with Crippen molar-refractivity contribution < 1.29 is 13.5 Å². The predicted molar refractivity (Wildman–Crippen MR) is 46.7 cm³/mol. The Bertz CT molecular complexity index is 284. The first-order valence-electron chi connectivity index (χ1n) is 4.17. The summed E-state index contributed by atoms with van der Waals surface area (Å²) in [5.74, 6) is -0.737. The molecule has 13 heavy (non-hydrogen) atoms. The molecule has 1 nitrogen and oxygen atoms in total. The summed E-state index contributed by atoms with van der Waals surface area (Å²) in [6, 6.07) is 3.18. The van der Waals surface area contributed by atoms with Gasteiger partial charge in [-0.05, 0) is 18.1 Å². The van der Waals surface area contributed by atoms with E-state index in [2.05, 4.69) is 0 Å². The monoisotopic (exact) mass is 186 g/mol. The molecular weight excluding hydrogens is 174 g/mol. The summed E-state index contributed by atoms with van der Waals surface area (Å²) >= 11 is 0. The Morgan fingerprint density at radius 3 is 2.62 bits per heavy atom. The molecule has 0 bridgehead atoms. The van der Waals surface area contributed by atoms with E-state index in [-0.39, 0.29) is 5.75 Å². The topological polar surface area (TPSA) is 9.23 Å². The number of hydrogen-bond donors (Lipinski definition) is 0. The third-order valence-corrected chi connectivity index (χ3v) is 1.47. The van der Waals surface area contributed by atoms with Gasteiger partial charge in [-0.3, -0.25) is 0 Å². The molecule has 0 aliphatic rings. The van der Waals surface area contributed by atoms with Crippen LogP contribution in [0.25, 0.3) is 0 Å². The van der Waals surface area contributed by atoms with Crippen LogP contribution in [0.4, 0.5) is 8.78 Å². The summed E-state index contributed by atoms with van der Waals surface area (Å²) < 4.78 is 30.6. The van der Waals surface area contributed by atoms with Gasteiger partial charge in [0.1, 0.15) is 5.82 Å². The highest BCUT2D eigenvalue weighted by Crippen LogP contribution is 2.18. The van der Waals surface area contributed by atoms with Crippen LogP contribution in [0.15, 0.2) is 18.2 Å². The summed E-state index contributed by atoms with van der Waals surface area (Å²) in [6.45, 7) is 4.27. The van der Waals surface area contributed by atoms with Crippen molar-refractivity contribution in [1.29, 1.82) is 0 Å². The minimum atomic E-state index is -0.526. The van der Waals surface area contributed by atoms with Crippen molar-refractivity contribution in [2.24, 2.45) is 5.92 Å². The van der Waals surface area contributed by atoms with Gasteiger partial charge >= 0.3 is 0 Å². The summed E-state index contributed by atoms with van der Waals surface area (Å²) in [5, 5.41) is 0. The van der Waals surface area contributed by atoms with Gasteiger partial charge in [0.25, 0.3) is 0 Å². The van der Waals surface area contributed by atoms with Crippen molar-refractivity contribution in [1.82, 2.24) is 0 Å². The normalized spacial score (nSPS) is 10.5. The highest BCUT2D eigenvalue weighted by Gasteiger charge is 2.05. The molecule has 72 valence electrons. The molecule has 0 amide bonds. The third-order valence-electron chi connectivity index (χ3n) is 1.47. The molecule has 0 fully saturated rings. The van der Waals surface area contributed by atoms with Gasteiger partial charge in [0.15, 0.2) is 11.6 Å². The van der Waals surface area contributed by atoms with Crippen molar-refractivity contribution in [2.45, 2.75) is 13.8 Å². The van der Waals surface area contributed by atoms with Gasteiger partial charge in [-0.25, -0.2) is 8.78 Å². The Hall–Kier alpha value is -1.12. The van der Waals surface area contributed by atoms with E-state index in [4.69, 9.17) is 4.74 Å². The molecule has 1 rings (SSSR count). The molecule has 0 aliphatic carbocycles. The van der Waals surface area contributed by atoms with E-state index in [0.29, 0.717) is 12.5 Å². The van der Waals surface area contributed by atoms with Gasteiger partial charge < -0.3 is 4.74 Å². The van der Waals surface area contributed by atoms with Crippen molar-refractivity contribution >= 4 is 0 Å². The van der Waals surface area contributed by atoms with Crippen LogP contribution in [-0.2, 0) is 0 Å². The number of halogens is 2. The maximum Gasteiger partial charge on any atom is 0.165 e. The molecule has 0 atom stereocenters. The second-order valence-corrected chi connectivity index (χ2v) is 3.28. The maximum atomic E-state index is 12.9. The molecule has 0 aliphatic heterocycles. The van der Waals surface area contributed by atoms with Crippen LogP contribution >= 0.6 is 0 Å². The predicted octanol–water partition coefficient (Wildman–Crippen LogP) is 3.00. The van der Waals surface area contributed by atoms with E-state index in [1.165, 1.54) is 0 Å². The lowest BCUT2D eigenvalue weighted by Gasteiger charge is -2.08. The number of ether oxygens (including phenoxy) is 1. The molecule has 0 N–H and O–H groups in total. The minimum Gasteiger partial charge on any atom is -0.490 e. The average Bonchev–Trinajstić information content (AvgIpc) is 2.06. The summed E-state index contributed by atoms with van der Waals surface area (Å²) in [5.41, 5.74) is 0. The molecule has 1 aromatic rings. The number of rotatable bonds is 3. The molecule has 0 unspecified atom stereocenters. The second-order valence-electron chi connectivity index (χ2n) is 3.28. The van der Waals surface area contributed by atoms with Crippen molar-refractivity contribution in [3.8, 4) is 5.75 Å². The van der Waals surface area contributed by atoms with Gasteiger partial charge in [0.05, 0.1) is 6.61 Å². The van der Waals surface area contributed by atoms with Gasteiger partial charge in [0, 0.05) is 6.07 Å². The van der Waals surface area contributed by atoms with E-state index in [9.17, 15) is 8.78 Å². The van der Waals surface area contributed by atoms with Gasteiger partial charge in [-0.1, -0.05) is 13.8 Å². The van der Waals surface area contributed by atoms with Crippen LogP contribution in [0.2, 0.25) is 0 Å². The quantitative estimate of drug-likeness (QED) is 0.705. The van der Waals surface area contributed by atoms with Crippen LogP contribution < -0.4 is 4.74 Å². The highest BCUT2D eigenvalue weighted by molar-refractivity contribution is 5.24. The zero-order valence-corrected chi connectivity index (χ0v) is 7.68. The van der Waals surface area contributed by atoms with Crippen LogP contribution in [0, 0.1) is 17.6 Å². The van der Waals surface area contributed by atoms with E-state index < -0.39 is 11.6 Å². The SMILES string of the molecule is CC(C)COc1cc(F)ccc1F. The zero-order chi connectivity index (χ0) is 9.84. The van der Waals surface area contributed by atoms with Gasteiger partial charge in [0.2, 0.25) is 0 Å². The van der Waals surface area contributed by atoms with E-state index in [0.717, 1.165) is 18.2 Å². The Labute approximate surface area is 76.3 Å². The average molecular weight is 186 g/mol. The number of benzene rings is 1. The van der Waals surface area contributed by atoms with Crippen LogP contribution in [0.5, 0.6) is 5.75 Å². The molecule has 0 aromatic heterocycles. The van der Waals surface area contributed by atoms with Crippen molar-refractivity contribution in [3.05, 3.63) is 29.8 Å². The summed E-state index contributed by atoms with van der Waals surface area (Å²) in [6.07, 6.45) is 0. The van der Waals surface area contributed by atoms with Crippen molar-refractivity contribution in [3.63, 3.8) is 0 Å². The summed E-state index contributed by atoms with van der Waals surface area (Å²) in [7, 11) is 0. The zero-order valence-electron chi connectivity index (χ0n) is 7.68. The lowest BCUT2D eigenvalue weighted by atomic mass is 10.2. The third kappa shape index (κ3) is 3.01. The fourth-order valence-corrected chi connectivity index (χ4v) is 0.844. The first-order chi connectivity index (χ1) is 6.09. The smallest absolute Gasteiger partial charge is 0.165 e. The molecule has 0 saturated heterocycles. The van der Waals surface area contributed by atoms with E-state index >= 15 is 0 Å². The Morgan fingerprint density at radius 1 is 1.31 bits per heavy atom. The fraction of sp³-hybridized carbons (Fsp3) is 0.400. The van der Waals surface area contributed by atoms with Crippen molar-refractivity contribution in [2.75, 3.05) is 6.61 Å². The van der Waals surface area contributed by atoms with Crippen LogP contribution in [-0.4, -0.2) is 6.61 Å². The second kappa shape index (κ2) is 4.21. The largest absolute Gasteiger partial charge is 0.490 e. The highest BCUT2D eigenvalue weighted by atomic mass is 19.1. The molecule has 0 spiro atoms. The van der Waals surface area contributed by atoms with Crippen LogP contribution in [0.1, 0.15) is 13.8 Å². The molecule has 3 heteroatoms. The first-order valence-corrected chi connectivity index (χ1v) is 4.17. The van der Waals surface area contributed by atoms with E-state index in [1.54, 1.807) is 0 Å². The molecule has 1 aromatic carbocycles.